The molecule has 0 spiro atoms. The fourth-order valence-corrected chi connectivity index (χ4v) is 2.69. The van der Waals surface area contributed by atoms with Gasteiger partial charge in [0.2, 0.25) is 5.91 Å². The second-order valence-corrected chi connectivity index (χ2v) is 7.74. The second-order valence-electron chi connectivity index (χ2n) is 7.74. The van der Waals surface area contributed by atoms with Gasteiger partial charge in [0.1, 0.15) is 5.69 Å². The molecule has 0 aliphatic heterocycles. The third-order valence-electron chi connectivity index (χ3n) is 4.34. The highest BCUT2D eigenvalue weighted by atomic mass is 16.2. The fraction of sp³-hybridized carbons (Fsp3) is 0.217. The third kappa shape index (κ3) is 4.88. The monoisotopic (exact) mass is 375 g/mol. The van der Waals surface area contributed by atoms with Crippen molar-refractivity contribution in [1.82, 2.24) is 4.57 Å². The van der Waals surface area contributed by atoms with Gasteiger partial charge in [-0.3, -0.25) is 9.59 Å². The normalized spacial score (nSPS) is 11.1. The Morgan fingerprint density at radius 2 is 1.43 bits per heavy atom. The molecule has 0 saturated carbocycles. The van der Waals surface area contributed by atoms with Gasteiger partial charge in [-0.15, -0.1) is 0 Å². The lowest BCUT2D eigenvalue weighted by molar-refractivity contribution is -0.123. The number of rotatable bonds is 5. The van der Waals surface area contributed by atoms with Crippen LogP contribution in [0.5, 0.6) is 0 Å². The van der Waals surface area contributed by atoms with E-state index < -0.39 is 5.41 Å². The first-order valence-electron chi connectivity index (χ1n) is 9.25. The molecule has 1 heterocycles. The Labute approximate surface area is 165 Å². The van der Waals surface area contributed by atoms with Crippen LogP contribution < -0.4 is 10.6 Å². The zero-order chi connectivity index (χ0) is 20.1. The number of nitrogens with zero attached hydrogens (tertiary/aromatic N) is 1. The van der Waals surface area contributed by atoms with Crippen LogP contribution in [-0.4, -0.2) is 16.4 Å². The third-order valence-corrected chi connectivity index (χ3v) is 4.34. The van der Waals surface area contributed by atoms with E-state index in [1.807, 2.05) is 67.9 Å². The maximum atomic E-state index is 12.7. The number of nitrogens with one attached hydrogen (secondary N) is 2. The topological polar surface area (TPSA) is 63.1 Å². The van der Waals surface area contributed by atoms with E-state index in [-0.39, 0.29) is 11.8 Å². The van der Waals surface area contributed by atoms with Crippen LogP contribution >= 0.6 is 0 Å². The predicted octanol–water partition coefficient (Wildman–Crippen LogP) is 4.77. The molecule has 0 aliphatic carbocycles. The summed E-state index contributed by atoms with van der Waals surface area (Å²) in [5, 5.41) is 5.78. The van der Waals surface area contributed by atoms with E-state index in [4.69, 9.17) is 0 Å². The van der Waals surface area contributed by atoms with Gasteiger partial charge in [0.05, 0.1) is 0 Å². The SMILES string of the molecule is CC(C)(C)C(=O)Nc1ccc(NC(=O)c2cccn2Cc2ccccc2)cc1. The van der Waals surface area contributed by atoms with Crippen LogP contribution in [0.4, 0.5) is 11.4 Å². The van der Waals surface area contributed by atoms with E-state index in [9.17, 15) is 9.59 Å². The number of amides is 2. The van der Waals surface area contributed by atoms with Crippen LogP contribution in [0.3, 0.4) is 0 Å². The lowest BCUT2D eigenvalue weighted by Gasteiger charge is -2.17. The van der Waals surface area contributed by atoms with Crippen LogP contribution in [0.15, 0.2) is 72.9 Å². The quantitative estimate of drug-likeness (QED) is 0.674. The minimum Gasteiger partial charge on any atom is -0.339 e. The molecule has 2 N–H and O–H groups in total. The molecule has 2 amide bonds. The van der Waals surface area contributed by atoms with Crippen molar-refractivity contribution in [3.05, 3.63) is 84.2 Å². The molecule has 5 heteroatoms. The van der Waals surface area contributed by atoms with Gasteiger partial charge in [-0.25, -0.2) is 0 Å². The van der Waals surface area contributed by atoms with Gasteiger partial charge in [0, 0.05) is 29.5 Å². The van der Waals surface area contributed by atoms with Gasteiger partial charge in [0.25, 0.3) is 5.91 Å². The predicted molar refractivity (Wildman–Crippen MR) is 112 cm³/mol. The molecule has 3 rings (SSSR count). The van der Waals surface area contributed by atoms with E-state index >= 15 is 0 Å². The van der Waals surface area contributed by atoms with Crippen molar-refractivity contribution in [3.63, 3.8) is 0 Å². The molecule has 0 radical (unpaired) electrons. The summed E-state index contributed by atoms with van der Waals surface area (Å²) in [6.07, 6.45) is 1.90. The minimum absolute atomic E-state index is 0.0528. The van der Waals surface area contributed by atoms with Crippen LogP contribution in [0.25, 0.3) is 0 Å². The highest BCUT2D eigenvalue weighted by molar-refractivity contribution is 6.03. The summed E-state index contributed by atoms with van der Waals surface area (Å²) in [6.45, 7) is 6.22. The summed E-state index contributed by atoms with van der Waals surface area (Å²) in [7, 11) is 0. The number of hydrogen-bond acceptors (Lipinski definition) is 2. The standard InChI is InChI=1S/C23H25N3O2/c1-23(2,3)22(28)25-19-13-11-18(12-14-19)24-21(27)20-10-7-15-26(20)16-17-8-5-4-6-9-17/h4-15H,16H2,1-3H3,(H,24,27)(H,25,28). The van der Waals surface area contributed by atoms with Crippen molar-refractivity contribution in [1.29, 1.82) is 0 Å². The molecule has 0 bridgehead atoms. The maximum absolute atomic E-state index is 12.7. The van der Waals surface area contributed by atoms with Gasteiger partial charge >= 0.3 is 0 Å². The van der Waals surface area contributed by atoms with Crippen molar-refractivity contribution < 1.29 is 9.59 Å². The number of benzene rings is 2. The van der Waals surface area contributed by atoms with E-state index in [1.54, 1.807) is 30.3 Å². The fourth-order valence-electron chi connectivity index (χ4n) is 2.69. The Balaban J connectivity index is 1.66. The van der Waals surface area contributed by atoms with Crippen LogP contribution in [-0.2, 0) is 11.3 Å². The lowest BCUT2D eigenvalue weighted by atomic mass is 9.95. The molecule has 0 fully saturated rings. The van der Waals surface area contributed by atoms with Crippen molar-refractivity contribution in [3.8, 4) is 0 Å². The first-order valence-corrected chi connectivity index (χ1v) is 9.25. The Morgan fingerprint density at radius 3 is 2.04 bits per heavy atom. The minimum atomic E-state index is -0.461. The highest BCUT2D eigenvalue weighted by Crippen LogP contribution is 2.19. The zero-order valence-corrected chi connectivity index (χ0v) is 16.4. The largest absolute Gasteiger partial charge is 0.339 e. The molecule has 0 atom stereocenters. The van der Waals surface area contributed by atoms with E-state index in [1.165, 1.54) is 0 Å². The Kier molecular flexibility index (Phi) is 5.64. The molecule has 5 nitrogen and oxygen atoms in total. The van der Waals surface area contributed by atoms with E-state index in [2.05, 4.69) is 10.6 Å². The summed E-state index contributed by atoms with van der Waals surface area (Å²) in [6, 6.07) is 20.8. The molecule has 144 valence electrons. The molecular formula is C23H25N3O2. The number of carbonyl (C=O) groups is 2. The molecule has 2 aromatic carbocycles. The number of carbonyl (C=O) groups excluding carboxylic acids is 2. The van der Waals surface area contributed by atoms with Crippen LogP contribution in [0.1, 0.15) is 36.8 Å². The lowest BCUT2D eigenvalue weighted by Crippen LogP contribution is -2.27. The second kappa shape index (κ2) is 8.13. The molecule has 28 heavy (non-hydrogen) atoms. The summed E-state index contributed by atoms with van der Waals surface area (Å²) < 4.78 is 1.92. The summed E-state index contributed by atoms with van der Waals surface area (Å²) in [5.41, 5.74) is 2.63. The Hall–Kier alpha value is -3.34. The molecule has 0 saturated heterocycles. The molecular weight excluding hydrogens is 350 g/mol. The van der Waals surface area contributed by atoms with Crippen molar-refractivity contribution >= 4 is 23.2 Å². The van der Waals surface area contributed by atoms with Crippen molar-refractivity contribution in [2.45, 2.75) is 27.3 Å². The molecule has 0 aliphatic rings. The molecule has 3 aromatic rings. The van der Waals surface area contributed by atoms with Gasteiger partial charge in [0.15, 0.2) is 0 Å². The molecule has 0 unspecified atom stereocenters. The zero-order valence-electron chi connectivity index (χ0n) is 16.4. The van der Waals surface area contributed by atoms with Crippen molar-refractivity contribution in [2.75, 3.05) is 10.6 Å². The smallest absolute Gasteiger partial charge is 0.272 e. The highest BCUT2D eigenvalue weighted by Gasteiger charge is 2.21. The van der Waals surface area contributed by atoms with Gasteiger partial charge in [-0.05, 0) is 42.0 Å². The number of anilines is 2. The van der Waals surface area contributed by atoms with Crippen LogP contribution in [0.2, 0.25) is 0 Å². The van der Waals surface area contributed by atoms with Gasteiger partial charge < -0.3 is 15.2 Å². The van der Waals surface area contributed by atoms with Crippen molar-refractivity contribution in [2.24, 2.45) is 5.41 Å². The van der Waals surface area contributed by atoms with Gasteiger partial charge in [-0.1, -0.05) is 51.1 Å². The average Bonchev–Trinajstić information content (AvgIpc) is 3.11. The summed E-state index contributed by atoms with van der Waals surface area (Å²) >= 11 is 0. The first-order chi connectivity index (χ1) is 13.3. The Morgan fingerprint density at radius 1 is 0.821 bits per heavy atom. The van der Waals surface area contributed by atoms with Gasteiger partial charge in [-0.2, -0.15) is 0 Å². The Bertz CT molecular complexity index is 952. The average molecular weight is 375 g/mol. The number of hydrogen-bond donors (Lipinski definition) is 2. The number of aromatic nitrogens is 1. The van der Waals surface area contributed by atoms with E-state index in [0.29, 0.717) is 23.6 Å². The molecule has 1 aromatic heterocycles. The first kappa shape index (κ1) is 19.4. The maximum Gasteiger partial charge on any atom is 0.272 e. The van der Waals surface area contributed by atoms with Crippen LogP contribution in [0, 0.1) is 5.41 Å². The summed E-state index contributed by atoms with van der Waals surface area (Å²) in [5.74, 6) is -0.226. The van der Waals surface area contributed by atoms with E-state index in [0.717, 1.165) is 5.56 Å². The summed E-state index contributed by atoms with van der Waals surface area (Å²) in [4.78, 5) is 24.7.